The van der Waals surface area contributed by atoms with Gasteiger partial charge in [-0.15, -0.1) is 11.8 Å². The summed E-state index contributed by atoms with van der Waals surface area (Å²) in [5.41, 5.74) is 7.23. The van der Waals surface area contributed by atoms with Crippen LogP contribution < -0.4 is 11.1 Å². The Kier molecular flexibility index (Phi) is 7.05. The van der Waals surface area contributed by atoms with Gasteiger partial charge in [0.15, 0.2) is 0 Å². The summed E-state index contributed by atoms with van der Waals surface area (Å²) in [6.45, 7) is 2.79. The number of rotatable bonds is 7. The third kappa shape index (κ3) is 4.82. The van der Waals surface area contributed by atoms with Crippen molar-refractivity contribution in [2.45, 2.75) is 18.2 Å². The number of nitrogens with two attached hydrogens (primary N) is 1. The number of thioether (sulfide) groups is 2. The SMILES string of the molecule is CCSc1ccc(C(=O)NCCCSC)cc1N. The van der Waals surface area contributed by atoms with E-state index >= 15 is 0 Å². The van der Waals surface area contributed by atoms with Crippen LogP contribution in [0.4, 0.5) is 5.69 Å². The summed E-state index contributed by atoms with van der Waals surface area (Å²) in [5, 5.41) is 2.90. The van der Waals surface area contributed by atoms with Gasteiger partial charge in [0.25, 0.3) is 5.91 Å². The number of carbonyl (C=O) groups is 1. The van der Waals surface area contributed by atoms with E-state index in [4.69, 9.17) is 5.73 Å². The maximum atomic E-state index is 11.8. The molecule has 0 saturated heterocycles. The molecule has 3 N–H and O–H groups in total. The zero-order chi connectivity index (χ0) is 13.4. The van der Waals surface area contributed by atoms with Crippen molar-refractivity contribution in [1.29, 1.82) is 0 Å². The first-order chi connectivity index (χ1) is 8.69. The summed E-state index contributed by atoms with van der Waals surface area (Å²) in [4.78, 5) is 12.9. The molecule has 18 heavy (non-hydrogen) atoms. The normalized spacial score (nSPS) is 10.3. The molecule has 5 heteroatoms. The van der Waals surface area contributed by atoms with E-state index in [1.807, 2.05) is 12.1 Å². The van der Waals surface area contributed by atoms with Gasteiger partial charge in [-0.1, -0.05) is 6.92 Å². The van der Waals surface area contributed by atoms with Gasteiger partial charge in [0.2, 0.25) is 0 Å². The van der Waals surface area contributed by atoms with Crippen molar-refractivity contribution in [3.63, 3.8) is 0 Å². The van der Waals surface area contributed by atoms with Crippen LogP contribution in [0.5, 0.6) is 0 Å². The number of benzene rings is 1. The molecule has 0 aliphatic heterocycles. The molecule has 0 saturated carbocycles. The third-order valence-electron chi connectivity index (χ3n) is 2.38. The maximum absolute atomic E-state index is 11.8. The first-order valence-corrected chi connectivity index (χ1v) is 8.36. The Hall–Kier alpha value is -0.810. The molecule has 0 aliphatic carbocycles. The summed E-state index contributed by atoms with van der Waals surface area (Å²) in [7, 11) is 0. The van der Waals surface area contributed by atoms with Crippen LogP contribution >= 0.6 is 23.5 Å². The van der Waals surface area contributed by atoms with E-state index in [9.17, 15) is 4.79 Å². The number of nitrogen functional groups attached to an aromatic ring is 1. The quantitative estimate of drug-likeness (QED) is 0.459. The fourth-order valence-electron chi connectivity index (χ4n) is 1.50. The van der Waals surface area contributed by atoms with Crippen molar-refractivity contribution in [2.24, 2.45) is 0 Å². The van der Waals surface area contributed by atoms with Crippen molar-refractivity contribution in [2.75, 3.05) is 30.0 Å². The standard InChI is InChI=1S/C13H20N2OS2/c1-3-18-12-6-5-10(9-11(12)14)13(16)15-7-4-8-17-2/h5-6,9H,3-4,7-8,14H2,1-2H3,(H,15,16). The second-order valence-electron chi connectivity index (χ2n) is 3.79. The van der Waals surface area contributed by atoms with Crippen LogP contribution in [-0.4, -0.2) is 30.2 Å². The van der Waals surface area contributed by atoms with E-state index in [0.29, 0.717) is 17.8 Å². The van der Waals surface area contributed by atoms with Gasteiger partial charge in [-0.2, -0.15) is 11.8 Å². The van der Waals surface area contributed by atoms with Gasteiger partial charge < -0.3 is 11.1 Å². The molecule has 0 heterocycles. The van der Waals surface area contributed by atoms with Crippen LogP contribution in [0.3, 0.4) is 0 Å². The molecule has 0 fully saturated rings. The number of hydrogen-bond acceptors (Lipinski definition) is 4. The highest BCUT2D eigenvalue weighted by Crippen LogP contribution is 2.25. The molecule has 3 nitrogen and oxygen atoms in total. The minimum Gasteiger partial charge on any atom is -0.398 e. The molecular weight excluding hydrogens is 264 g/mol. The number of carbonyl (C=O) groups excluding carboxylic acids is 1. The zero-order valence-electron chi connectivity index (χ0n) is 10.9. The first kappa shape index (κ1) is 15.2. The zero-order valence-corrected chi connectivity index (χ0v) is 12.5. The van der Waals surface area contributed by atoms with Crippen molar-refractivity contribution in [1.82, 2.24) is 5.32 Å². The van der Waals surface area contributed by atoms with E-state index in [0.717, 1.165) is 22.8 Å². The molecule has 0 aliphatic rings. The highest BCUT2D eigenvalue weighted by molar-refractivity contribution is 7.99. The Morgan fingerprint density at radius 2 is 2.22 bits per heavy atom. The van der Waals surface area contributed by atoms with Gasteiger partial charge in [-0.25, -0.2) is 0 Å². The van der Waals surface area contributed by atoms with Crippen molar-refractivity contribution < 1.29 is 4.79 Å². The monoisotopic (exact) mass is 284 g/mol. The average Bonchev–Trinajstić information content (AvgIpc) is 2.37. The number of amides is 1. The summed E-state index contributed by atoms with van der Waals surface area (Å²) in [6, 6.07) is 5.50. The molecule has 0 atom stereocenters. The molecular formula is C13H20N2OS2. The van der Waals surface area contributed by atoms with E-state index in [-0.39, 0.29) is 5.91 Å². The van der Waals surface area contributed by atoms with Crippen molar-refractivity contribution in [3.05, 3.63) is 23.8 Å². The van der Waals surface area contributed by atoms with E-state index in [1.165, 1.54) is 0 Å². The van der Waals surface area contributed by atoms with Crippen LogP contribution in [0.15, 0.2) is 23.1 Å². The topological polar surface area (TPSA) is 55.1 Å². The predicted molar refractivity (Wildman–Crippen MR) is 82.6 cm³/mol. The van der Waals surface area contributed by atoms with E-state index in [2.05, 4.69) is 18.5 Å². The van der Waals surface area contributed by atoms with Gasteiger partial charge in [0, 0.05) is 22.7 Å². The van der Waals surface area contributed by atoms with Crippen LogP contribution in [0, 0.1) is 0 Å². The number of nitrogens with one attached hydrogen (secondary N) is 1. The van der Waals surface area contributed by atoms with Gasteiger partial charge in [0.1, 0.15) is 0 Å². The molecule has 1 amide bonds. The lowest BCUT2D eigenvalue weighted by molar-refractivity contribution is 0.0954. The lowest BCUT2D eigenvalue weighted by Gasteiger charge is -2.08. The summed E-state index contributed by atoms with van der Waals surface area (Å²) < 4.78 is 0. The third-order valence-corrected chi connectivity index (χ3v) is 4.05. The van der Waals surface area contributed by atoms with E-state index < -0.39 is 0 Å². The molecule has 0 aromatic heterocycles. The minimum absolute atomic E-state index is 0.0455. The highest BCUT2D eigenvalue weighted by atomic mass is 32.2. The lowest BCUT2D eigenvalue weighted by Crippen LogP contribution is -2.24. The minimum atomic E-state index is -0.0455. The number of anilines is 1. The Labute approximate surface area is 117 Å². The van der Waals surface area contributed by atoms with E-state index in [1.54, 1.807) is 29.6 Å². The fourth-order valence-corrected chi connectivity index (χ4v) is 2.63. The lowest BCUT2D eigenvalue weighted by atomic mass is 10.2. The van der Waals surface area contributed by atoms with Crippen LogP contribution in [0.2, 0.25) is 0 Å². The molecule has 0 bridgehead atoms. The average molecular weight is 284 g/mol. The van der Waals surface area contributed by atoms with Crippen LogP contribution in [-0.2, 0) is 0 Å². The Morgan fingerprint density at radius 3 is 2.83 bits per heavy atom. The molecule has 100 valence electrons. The molecule has 0 radical (unpaired) electrons. The molecule has 1 rings (SSSR count). The Balaban J connectivity index is 2.55. The van der Waals surface area contributed by atoms with Crippen LogP contribution in [0.1, 0.15) is 23.7 Å². The maximum Gasteiger partial charge on any atom is 0.251 e. The smallest absolute Gasteiger partial charge is 0.251 e. The molecule has 1 aromatic rings. The highest BCUT2D eigenvalue weighted by Gasteiger charge is 2.07. The fraction of sp³-hybridized carbons (Fsp3) is 0.462. The molecule has 0 unspecified atom stereocenters. The largest absolute Gasteiger partial charge is 0.398 e. The van der Waals surface area contributed by atoms with Gasteiger partial charge in [-0.05, 0) is 42.4 Å². The predicted octanol–water partition coefficient (Wildman–Crippen LogP) is 2.86. The summed E-state index contributed by atoms with van der Waals surface area (Å²) in [6.07, 6.45) is 3.05. The van der Waals surface area contributed by atoms with Crippen LogP contribution in [0.25, 0.3) is 0 Å². The van der Waals surface area contributed by atoms with Gasteiger partial charge in [-0.3, -0.25) is 4.79 Å². The first-order valence-electron chi connectivity index (χ1n) is 5.98. The number of hydrogen-bond donors (Lipinski definition) is 2. The molecule has 0 spiro atoms. The second-order valence-corrected chi connectivity index (χ2v) is 6.08. The Morgan fingerprint density at radius 1 is 1.44 bits per heavy atom. The van der Waals surface area contributed by atoms with Crippen molar-refractivity contribution >= 4 is 35.1 Å². The summed E-state index contributed by atoms with van der Waals surface area (Å²) in [5.74, 6) is 2.00. The molecule has 1 aromatic carbocycles. The Bertz CT molecular complexity index is 397. The van der Waals surface area contributed by atoms with Gasteiger partial charge >= 0.3 is 0 Å². The second kappa shape index (κ2) is 8.32. The summed E-state index contributed by atoms with van der Waals surface area (Å²) >= 11 is 3.47. The van der Waals surface area contributed by atoms with Crippen molar-refractivity contribution in [3.8, 4) is 0 Å². The van der Waals surface area contributed by atoms with Gasteiger partial charge in [0.05, 0.1) is 0 Å².